The summed E-state index contributed by atoms with van der Waals surface area (Å²) in [6.07, 6.45) is 0. The average Bonchev–Trinajstić information content (AvgIpc) is 2.42. The van der Waals surface area contributed by atoms with E-state index in [1.54, 1.807) is 18.2 Å². The van der Waals surface area contributed by atoms with Crippen molar-refractivity contribution in [1.29, 1.82) is 0 Å². The minimum atomic E-state index is -0.144. The van der Waals surface area contributed by atoms with Gasteiger partial charge in [0, 0.05) is 30.3 Å². The van der Waals surface area contributed by atoms with Crippen LogP contribution in [0.2, 0.25) is 5.02 Å². The SMILES string of the molecule is CC(C(=O)Nc1ccc(N)cc1Cl)N1CCSCC1. The standard InChI is InChI=1S/C13H18ClN3OS/c1-9(17-4-6-19-7-5-17)13(18)16-12-3-2-10(15)8-11(12)14/h2-3,8-9H,4-7,15H2,1H3,(H,16,18). The van der Waals surface area contributed by atoms with Gasteiger partial charge in [-0.15, -0.1) is 0 Å². The molecule has 2 rings (SSSR count). The molecule has 1 aromatic rings. The van der Waals surface area contributed by atoms with Crippen LogP contribution in [0.4, 0.5) is 11.4 Å². The van der Waals surface area contributed by atoms with Crippen LogP contribution in [0.3, 0.4) is 0 Å². The van der Waals surface area contributed by atoms with Gasteiger partial charge in [0.1, 0.15) is 0 Å². The minimum absolute atomic E-state index is 0.0291. The lowest BCUT2D eigenvalue weighted by Crippen LogP contribution is -2.46. The number of halogens is 1. The summed E-state index contributed by atoms with van der Waals surface area (Å²) in [6.45, 7) is 3.83. The monoisotopic (exact) mass is 299 g/mol. The zero-order valence-corrected chi connectivity index (χ0v) is 12.4. The van der Waals surface area contributed by atoms with Crippen LogP contribution in [0, 0.1) is 0 Å². The zero-order chi connectivity index (χ0) is 13.8. The third-order valence-corrected chi connectivity index (χ3v) is 4.48. The molecule has 1 aliphatic rings. The van der Waals surface area contributed by atoms with E-state index in [1.807, 2.05) is 18.7 Å². The van der Waals surface area contributed by atoms with E-state index in [0.717, 1.165) is 24.6 Å². The van der Waals surface area contributed by atoms with Gasteiger partial charge >= 0.3 is 0 Å². The maximum atomic E-state index is 12.2. The fourth-order valence-corrected chi connectivity index (χ4v) is 3.17. The number of rotatable bonds is 3. The summed E-state index contributed by atoms with van der Waals surface area (Å²) in [5.74, 6) is 2.14. The summed E-state index contributed by atoms with van der Waals surface area (Å²) >= 11 is 7.98. The highest BCUT2D eigenvalue weighted by Crippen LogP contribution is 2.24. The summed E-state index contributed by atoms with van der Waals surface area (Å²) in [7, 11) is 0. The van der Waals surface area contributed by atoms with E-state index < -0.39 is 0 Å². The number of nitrogens with one attached hydrogen (secondary N) is 1. The molecule has 104 valence electrons. The predicted octanol–water partition coefficient (Wildman–Crippen LogP) is 2.30. The fourth-order valence-electron chi connectivity index (χ4n) is 2.00. The highest BCUT2D eigenvalue weighted by Gasteiger charge is 2.23. The third-order valence-electron chi connectivity index (χ3n) is 3.22. The smallest absolute Gasteiger partial charge is 0.241 e. The Labute approximate surface area is 122 Å². The summed E-state index contributed by atoms with van der Waals surface area (Å²) in [5.41, 5.74) is 6.82. The molecule has 1 unspecified atom stereocenters. The van der Waals surface area contributed by atoms with Crippen molar-refractivity contribution in [3.63, 3.8) is 0 Å². The Bertz CT molecular complexity index is 463. The lowest BCUT2D eigenvalue weighted by Gasteiger charge is -2.31. The van der Waals surface area contributed by atoms with Crippen LogP contribution in [0.25, 0.3) is 0 Å². The van der Waals surface area contributed by atoms with E-state index in [4.69, 9.17) is 17.3 Å². The number of anilines is 2. The molecule has 0 radical (unpaired) electrons. The second kappa shape index (κ2) is 6.50. The van der Waals surface area contributed by atoms with Crippen LogP contribution in [-0.2, 0) is 4.79 Å². The summed E-state index contributed by atoms with van der Waals surface area (Å²) in [6, 6.07) is 4.95. The Morgan fingerprint density at radius 3 is 2.79 bits per heavy atom. The van der Waals surface area contributed by atoms with Gasteiger partial charge < -0.3 is 11.1 Å². The van der Waals surface area contributed by atoms with E-state index in [9.17, 15) is 4.79 Å². The number of carbonyl (C=O) groups is 1. The number of nitrogens with two attached hydrogens (primary N) is 1. The zero-order valence-electron chi connectivity index (χ0n) is 10.9. The Hall–Kier alpha value is -0.910. The molecule has 0 spiro atoms. The molecule has 6 heteroatoms. The molecular formula is C13H18ClN3OS. The fraction of sp³-hybridized carbons (Fsp3) is 0.462. The minimum Gasteiger partial charge on any atom is -0.399 e. The first-order valence-corrected chi connectivity index (χ1v) is 7.79. The van der Waals surface area contributed by atoms with Crippen LogP contribution in [0.15, 0.2) is 18.2 Å². The molecule has 1 saturated heterocycles. The first kappa shape index (κ1) is 14.5. The van der Waals surface area contributed by atoms with Crippen LogP contribution in [0.5, 0.6) is 0 Å². The molecule has 1 aromatic carbocycles. The van der Waals surface area contributed by atoms with Gasteiger partial charge in [-0.1, -0.05) is 11.6 Å². The second-order valence-electron chi connectivity index (χ2n) is 4.55. The second-order valence-corrected chi connectivity index (χ2v) is 6.18. The quantitative estimate of drug-likeness (QED) is 0.841. The highest BCUT2D eigenvalue weighted by molar-refractivity contribution is 7.99. The van der Waals surface area contributed by atoms with Gasteiger partial charge in [-0.2, -0.15) is 11.8 Å². The molecule has 0 aliphatic carbocycles. The third kappa shape index (κ3) is 3.78. The van der Waals surface area contributed by atoms with Crippen molar-refractivity contribution in [2.24, 2.45) is 0 Å². The summed E-state index contributed by atoms with van der Waals surface area (Å²) < 4.78 is 0. The van der Waals surface area contributed by atoms with Crippen molar-refractivity contribution in [2.45, 2.75) is 13.0 Å². The molecule has 1 heterocycles. The molecule has 0 saturated carbocycles. The topological polar surface area (TPSA) is 58.4 Å². The van der Waals surface area contributed by atoms with Crippen molar-refractivity contribution in [3.05, 3.63) is 23.2 Å². The number of benzene rings is 1. The van der Waals surface area contributed by atoms with Crippen molar-refractivity contribution < 1.29 is 4.79 Å². The summed E-state index contributed by atoms with van der Waals surface area (Å²) in [4.78, 5) is 14.4. The van der Waals surface area contributed by atoms with E-state index in [2.05, 4.69) is 10.2 Å². The van der Waals surface area contributed by atoms with Gasteiger partial charge in [-0.05, 0) is 25.1 Å². The number of hydrogen-bond donors (Lipinski definition) is 2. The number of carbonyl (C=O) groups excluding carboxylic acids is 1. The maximum absolute atomic E-state index is 12.2. The van der Waals surface area contributed by atoms with Crippen molar-refractivity contribution in [1.82, 2.24) is 4.90 Å². The molecule has 19 heavy (non-hydrogen) atoms. The largest absolute Gasteiger partial charge is 0.399 e. The van der Waals surface area contributed by atoms with Gasteiger partial charge in [0.15, 0.2) is 0 Å². The predicted molar refractivity (Wildman–Crippen MR) is 82.9 cm³/mol. The Kier molecular flexibility index (Phi) is 4.96. The number of hydrogen-bond acceptors (Lipinski definition) is 4. The number of thioether (sulfide) groups is 1. The first-order valence-electron chi connectivity index (χ1n) is 6.25. The lowest BCUT2D eigenvalue weighted by atomic mass is 10.2. The van der Waals surface area contributed by atoms with Crippen molar-refractivity contribution in [3.8, 4) is 0 Å². The highest BCUT2D eigenvalue weighted by atomic mass is 35.5. The molecule has 1 fully saturated rings. The number of amides is 1. The lowest BCUT2D eigenvalue weighted by molar-refractivity contribution is -0.120. The van der Waals surface area contributed by atoms with E-state index in [0.29, 0.717) is 16.4 Å². The molecule has 3 N–H and O–H groups in total. The molecule has 0 aromatic heterocycles. The van der Waals surface area contributed by atoms with Gasteiger partial charge in [-0.25, -0.2) is 0 Å². The van der Waals surface area contributed by atoms with E-state index in [-0.39, 0.29) is 11.9 Å². The Morgan fingerprint density at radius 1 is 1.47 bits per heavy atom. The van der Waals surface area contributed by atoms with Crippen LogP contribution in [-0.4, -0.2) is 41.4 Å². The van der Waals surface area contributed by atoms with Gasteiger partial charge in [0.2, 0.25) is 5.91 Å². The molecule has 4 nitrogen and oxygen atoms in total. The first-order chi connectivity index (χ1) is 9.08. The van der Waals surface area contributed by atoms with Crippen molar-refractivity contribution in [2.75, 3.05) is 35.6 Å². The van der Waals surface area contributed by atoms with Gasteiger partial charge in [0.25, 0.3) is 0 Å². The average molecular weight is 300 g/mol. The molecule has 1 amide bonds. The normalized spacial score (nSPS) is 18.0. The van der Waals surface area contributed by atoms with Crippen LogP contribution >= 0.6 is 23.4 Å². The molecule has 0 bridgehead atoms. The van der Waals surface area contributed by atoms with E-state index >= 15 is 0 Å². The Morgan fingerprint density at radius 2 is 2.16 bits per heavy atom. The summed E-state index contributed by atoms with van der Waals surface area (Å²) in [5, 5.41) is 3.33. The molecule has 1 aliphatic heterocycles. The maximum Gasteiger partial charge on any atom is 0.241 e. The van der Waals surface area contributed by atoms with Crippen LogP contribution < -0.4 is 11.1 Å². The number of nitrogens with zero attached hydrogens (tertiary/aromatic N) is 1. The van der Waals surface area contributed by atoms with Crippen molar-refractivity contribution >= 4 is 40.6 Å². The number of nitrogen functional groups attached to an aromatic ring is 1. The molecule has 1 atom stereocenters. The van der Waals surface area contributed by atoms with E-state index in [1.165, 1.54) is 0 Å². The van der Waals surface area contributed by atoms with Gasteiger partial charge in [0.05, 0.1) is 16.8 Å². The van der Waals surface area contributed by atoms with Crippen LogP contribution in [0.1, 0.15) is 6.92 Å². The molecular weight excluding hydrogens is 282 g/mol. The Balaban J connectivity index is 1.99. The van der Waals surface area contributed by atoms with Gasteiger partial charge in [-0.3, -0.25) is 9.69 Å².